The van der Waals surface area contributed by atoms with Crippen LogP contribution in [0.3, 0.4) is 0 Å². The Kier molecular flexibility index (Phi) is 5.79. The van der Waals surface area contributed by atoms with E-state index in [-0.39, 0.29) is 0 Å². The lowest BCUT2D eigenvalue weighted by Crippen LogP contribution is -2.21. The Balaban J connectivity index is 2.29. The molecular weight excluding hydrogens is 206 g/mol. The van der Waals surface area contributed by atoms with Gasteiger partial charge >= 0.3 is 0 Å². The lowest BCUT2D eigenvalue weighted by Gasteiger charge is -2.05. The fourth-order valence-electron chi connectivity index (χ4n) is 1.20. The van der Waals surface area contributed by atoms with Crippen molar-refractivity contribution in [3.63, 3.8) is 0 Å². The normalized spacial score (nSPS) is 11.2. The van der Waals surface area contributed by atoms with Crippen molar-refractivity contribution in [2.75, 3.05) is 5.75 Å². The minimum atomic E-state index is 0.520. The average Bonchev–Trinajstić information content (AvgIpc) is 2.63. The number of hydrogen-bond donors (Lipinski definition) is 2. The van der Waals surface area contributed by atoms with Gasteiger partial charge in [-0.15, -0.1) is 0 Å². The van der Waals surface area contributed by atoms with E-state index >= 15 is 0 Å². The average molecular weight is 227 g/mol. The highest BCUT2D eigenvalue weighted by Crippen LogP contribution is 2.10. The van der Waals surface area contributed by atoms with Crippen LogP contribution in [0.15, 0.2) is 6.20 Å². The zero-order valence-corrected chi connectivity index (χ0v) is 10.7. The molecule has 1 aromatic rings. The molecule has 15 heavy (non-hydrogen) atoms. The second kappa shape index (κ2) is 6.90. The van der Waals surface area contributed by atoms with Gasteiger partial charge in [0.2, 0.25) is 0 Å². The summed E-state index contributed by atoms with van der Waals surface area (Å²) in [4.78, 5) is 7.68. The van der Waals surface area contributed by atoms with E-state index in [1.807, 2.05) is 18.0 Å². The van der Waals surface area contributed by atoms with Crippen molar-refractivity contribution in [3.8, 4) is 0 Å². The quantitative estimate of drug-likeness (QED) is 0.703. The van der Waals surface area contributed by atoms with E-state index in [4.69, 9.17) is 0 Å². The van der Waals surface area contributed by atoms with E-state index in [1.54, 1.807) is 0 Å². The number of aromatic amines is 1. The topological polar surface area (TPSA) is 40.7 Å². The summed E-state index contributed by atoms with van der Waals surface area (Å²) in [5, 5.41) is 3.36. The Bertz CT molecular complexity index is 271. The van der Waals surface area contributed by atoms with Crippen LogP contribution in [0.4, 0.5) is 0 Å². The molecule has 2 N–H and O–H groups in total. The fourth-order valence-corrected chi connectivity index (χ4v) is 1.97. The van der Waals surface area contributed by atoms with E-state index in [0.717, 1.165) is 18.1 Å². The number of hydrogen-bond acceptors (Lipinski definition) is 3. The molecule has 3 nitrogen and oxygen atoms in total. The van der Waals surface area contributed by atoms with Crippen molar-refractivity contribution in [2.24, 2.45) is 0 Å². The van der Waals surface area contributed by atoms with Gasteiger partial charge in [0, 0.05) is 24.5 Å². The van der Waals surface area contributed by atoms with Gasteiger partial charge in [-0.1, -0.05) is 20.8 Å². The molecule has 1 heterocycles. The third kappa shape index (κ3) is 5.23. The molecule has 0 aliphatic rings. The number of H-pyrrole nitrogens is 1. The zero-order chi connectivity index (χ0) is 11.1. The van der Waals surface area contributed by atoms with Gasteiger partial charge < -0.3 is 10.3 Å². The molecule has 86 valence electrons. The van der Waals surface area contributed by atoms with E-state index in [1.165, 1.54) is 17.9 Å². The third-order valence-electron chi connectivity index (χ3n) is 1.97. The highest BCUT2D eigenvalue weighted by Gasteiger charge is 2.01. The van der Waals surface area contributed by atoms with Gasteiger partial charge in [0.05, 0.1) is 5.75 Å². The first kappa shape index (κ1) is 12.6. The summed E-state index contributed by atoms with van der Waals surface area (Å²) in [6.45, 7) is 7.37. The maximum atomic E-state index is 4.35. The maximum absolute atomic E-state index is 4.35. The largest absolute Gasteiger partial charge is 0.344 e. The summed E-state index contributed by atoms with van der Waals surface area (Å²) < 4.78 is 0. The standard InChI is InChI=1S/C11H21N3S/c1-4-5-15-8-11-13-7-10(14-11)6-12-9(2)3/h7,9,12H,4-6,8H2,1-3H3,(H,13,14). The predicted molar refractivity (Wildman–Crippen MR) is 67.0 cm³/mol. The van der Waals surface area contributed by atoms with Crippen LogP contribution in [0, 0.1) is 0 Å². The molecule has 0 aliphatic heterocycles. The molecular formula is C11H21N3S. The van der Waals surface area contributed by atoms with E-state index in [0.29, 0.717) is 6.04 Å². The summed E-state index contributed by atoms with van der Waals surface area (Å²) >= 11 is 1.93. The Morgan fingerprint density at radius 2 is 2.33 bits per heavy atom. The van der Waals surface area contributed by atoms with E-state index < -0.39 is 0 Å². The first-order chi connectivity index (χ1) is 7.22. The number of nitrogens with zero attached hydrogens (tertiary/aromatic N) is 1. The molecule has 0 radical (unpaired) electrons. The molecule has 4 heteroatoms. The van der Waals surface area contributed by atoms with Crippen molar-refractivity contribution < 1.29 is 0 Å². The van der Waals surface area contributed by atoms with E-state index in [9.17, 15) is 0 Å². The molecule has 0 atom stereocenters. The smallest absolute Gasteiger partial charge is 0.116 e. The lowest BCUT2D eigenvalue weighted by molar-refractivity contribution is 0.582. The number of aromatic nitrogens is 2. The first-order valence-corrected chi connectivity index (χ1v) is 6.71. The number of imidazole rings is 1. The molecule has 0 amide bonds. The molecule has 1 rings (SSSR count). The summed E-state index contributed by atoms with van der Waals surface area (Å²) in [6.07, 6.45) is 3.16. The summed E-state index contributed by atoms with van der Waals surface area (Å²) in [5.74, 6) is 3.30. The Labute approximate surface area is 96.5 Å². The summed E-state index contributed by atoms with van der Waals surface area (Å²) in [6, 6.07) is 0.520. The first-order valence-electron chi connectivity index (χ1n) is 5.56. The zero-order valence-electron chi connectivity index (χ0n) is 9.84. The van der Waals surface area contributed by atoms with Gasteiger partial charge in [0.15, 0.2) is 0 Å². The van der Waals surface area contributed by atoms with Crippen molar-refractivity contribution in [3.05, 3.63) is 17.7 Å². The molecule has 0 unspecified atom stereocenters. The monoisotopic (exact) mass is 227 g/mol. The second-order valence-electron chi connectivity index (χ2n) is 3.94. The minimum absolute atomic E-state index is 0.520. The Morgan fingerprint density at radius 1 is 1.53 bits per heavy atom. The highest BCUT2D eigenvalue weighted by atomic mass is 32.2. The third-order valence-corrected chi connectivity index (χ3v) is 3.14. The summed E-state index contributed by atoms with van der Waals surface area (Å²) in [5.41, 5.74) is 1.18. The molecule has 0 saturated carbocycles. The van der Waals surface area contributed by atoms with Crippen LogP contribution in [0.25, 0.3) is 0 Å². The second-order valence-corrected chi connectivity index (χ2v) is 5.05. The van der Waals surface area contributed by atoms with Gasteiger partial charge in [-0.3, -0.25) is 0 Å². The SMILES string of the molecule is CCCSCc1ncc(CNC(C)C)[nH]1. The van der Waals surface area contributed by atoms with Gasteiger partial charge in [0.25, 0.3) is 0 Å². The number of nitrogens with one attached hydrogen (secondary N) is 2. The van der Waals surface area contributed by atoms with Gasteiger partial charge in [-0.25, -0.2) is 4.98 Å². The Morgan fingerprint density at radius 3 is 3.00 bits per heavy atom. The fraction of sp³-hybridized carbons (Fsp3) is 0.727. The molecule has 0 fully saturated rings. The van der Waals surface area contributed by atoms with Gasteiger partial charge in [-0.05, 0) is 12.2 Å². The van der Waals surface area contributed by atoms with Crippen molar-refractivity contribution in [1.82, 2.24) is 15.3 Å². The molecule has 1 aromatic heterocycles. The molecule has 0 saturated heterocycles. The highest BCUT2D eigenvalue weighted by molar-refractivity contribution is 7.98. The molecule has 0 bridgehead atoms. The van der Waals surface area contributed by atoms with Crippen LogP contribution >= 0.6 is 11.8 Å². The van der Waals surface area contributed by atoms with Crippen molar-refractivity contribution in [1.29, 1.82) is 0 Å². The van der Waals surface area contributed by atoms with Gasteiger partial charge in [-0.2, -0.15) is 11.8 Å². The van der Waals surface area contributed by atoms with Crippen molar-refractivity contribution >= 4 is 11.8 Å². The van der Waals surface area contributed by atoms with Crippen LogP contribution in [0.2, 0.25) is 0 Å². The number of rotatable bonds is 7. The van der Waals surface area contributed by atoms with E-state index in [2.05, 4.69) is 36.1 Å². The summed E-state index contributed by atoms with van der Waals surface area (Å²) in [7, 11) is 0. The molecule has 0 aromatic carbocycles. The Hall–Kier alpha value is -0.480. The van der Waals surface area contributed by atoms with Crippen LogP contribution in [0.1, 0.15) is 38.7 Å². The van der Waals surface area contributed by atoms with Crippen LogP contribution < -0.4 is 5.32 Å². The number of thioether (sulfide) groups is 1. The lowest BCUT2D eigenvalue weighted by atomic mass is 10.4. The minimum Gasteiger partial charge on any atom is -0.344 e. The van der Waals surface area contributed by atoms with Gasteiger partial charge in [0.1, 0.15) is 5.82 Å². The predicted octanol–water partition coefficient (Wildman–Crippen LogP) is 2.55. The van der Waals surface area contributed by atoms with Crippen LogP contribution in [0.5, 0.6) is 0 Å². The van der Waals surface area contributed by atoms with Crippen molar-refractivity contribution in [2.45, 2.75) is 45.5 Å². The van der Waals surface area contributed by atoms with Crippen LogP contribution in [-0.4, -0.2) is 21.8 Å². The maximum Gasteiger partial charge on any atom is 0.116 e. The molecule has 0 aliphatic carbocycles. The van der Waals surface area contributed by atoms with Crippen LogP contribution in [-0.2, 0) is 12.3 Å². The molecule has 0 spiro atoms.